The lowest BCUT2D eigenvalue weighted by Gasteiger charge is -2.29. The van der Waals surface area contributed by atoms with E-state index >= 15 is 0 Å². The molecule has 128 valence electrons. The lowest BCUT2D eigenvalue weighted by Crippen LogP contribution is -2.38. The number of aliphatic hydroxyl groups is 1. The zero-order valence-electron chi connectivity index (χ0n) is 14.1. The molecule has 0 fully saturated rings. The Morgan fingerprint density at radius 1 is 1.42 bits per heavy atom. The third-order valence-electron chi connectivity index (χ3n) is 4.56. The van der Waals surface area contributed by atoms with Crippen LogP contribution in [0.25, 0.3) is 0 Å². The molecule has 1 atom stereocenters. The number of aromatic nitrogens is 1. The summed E-state index contributed by atoms with van der Waals surface area (Å²) >= 11 is 0. The first-order valence-corrected chi connectivity index (χ1v) is 8.31. The molecule has 0 aliphatic heterocycles. The van der Waals surface area contributed by atoms with Gasteiger partial charge < -0.3 is 19.8 Å². The van der Waals surface area contributed by atoms with Gasteiger partial charge in [-0.1, -0.05) is 29.4 Å². The third-order valence-corrected chi connectivity index (χ3v) is 4.56. The monoisotopic (exact) mass is 329 g/mol. The van der Waals surface area contributed by atoms with Crippen LogP contribution < -0.4 is 5.32 Å². The first-order chi connectivity index (χ1) is 11.6. The lowest BCUT2D eigenvalue weighted by molar-refractivity contribution is 0.177. The summed E-state index contributed by atoms with van der Waals surface area (Å²) in [6.07, 6.45) is 2.42. The van der Waals surface area contributed by atoms with Gasteiger partial charge in [0.15, 0.2) is 5.76 Å². The molecule has 2 aromatic rings. The van der Waals surface area contributed by atoms with Gasteiger partial charge in [-0.15, -0.1) is 0 Å². The van der Waals surface area contributed by atoms with Crippen LogP contribution in [0.5, 0.6) is 0 Å². The Morgan fingerprint density at radius 3 is 2.92 bits per heavy atom. The molecule has 0 saturated carbocycles. The number of aliphatic hydroxyl groups excluding tert-OH is 1. The minimum absolute atomic E-state index is 0.0354. The predicted octanol–water partition coefficient (Wildman–Crippen LogP) is 3.20. The number of hydrogen-bond donors (Lipinski definition) is 2. The van der Waals surface area contributed by atoms with Crippen LogP contribution in [0.15, 0.2) is 28.8 Å². The number of benzene rings is 1. The third kappa shape index (κ3) is 3.14. The molecule has 0 radical (unpaired) electrons. The molecule has 6 nitrogen and oxygen atoms in total. The van der Waals surface area contributed by atoms with Crippen LogP contribution in [-0.4, -0.2) is 34.3 Å². The van der Waals surface area contributed by atoms with Crippen LogP contribution in [-0.2, 0) is 6.42 Å². The highest BCUT2D eigenvalue weighted by Gasteiger charge is 2.31. The van der Waals surface area contributed by atoms with Gasteiger partial charge in [0.2, 0.25) is 0 Å². The van der Waals surface area contributed by atoms with Gasteiger partial charge in [-0.05, 0) is 44.2 Å². The number of rotatable bonds is 5. The van der Waals surface area contributed by atoms with Gasteiger partial charge >= 0.3 is 6.03 Å². The van der Waals surface area contributed by atoms with Crippen LogP contribution in [0.2, 0.25) is 0 Å². The van der Waals surface area contributed by atoms with Crippen molar-refractivity contribution in [3.05, 3.63) is 46.8 Å². The van der Waals surface area contributed by atoms with E-state index in [0.717, 1.165) is 12.8 Å². The fourth-order valence-corrected chi connectivity index (χ4v) is 3.34. The van der Waals surface area contributed by atoms with Crippen molar-refractivity contribution in [2.75, 3.05) is 18.5 Å². The van der Waals surface area contributed by atoms with Crippen molar-refractivity contribution in [1.29, 1.82) is 0 Å². The molecule has 6 heteroatoms. The van der Waals surface area contributed by atoms with Gasteiger partial charge in [-0.3, -0.25) is 0 Å². The van der Waals surface area contributed by atoms with Gasteiger partial charge in [0.25, 0.3) is 0 Å². The number of carbonyl (C=O) groups excluding carboxylic acids is 1. The maximum absolute atomic E-state index is 12.9. The zero-order valence-corrected chi connectivity index (χ0v) is 14.1. The highest BCUT2D eigenvalue weighted by molar-refractivity contribution is 5.90. The van der Waals surface area contributed by atoms with E-state index in [1.54, 1.807) is 13.8 Å². The number of nitrogens with one attached hydrogen (secondary N) is 1. The fourth-order valence-electron chi connectivity index (χ4n) is 3.34. The standard InChI is InChI=1S/C18H23N3O3/c1-12-17(13(2)24-20-12)19-18(23)21(10-5-11-22)16-9-8-14-6-3-4-7-15(14)16/h3-4,6-7,16,22H,5,8-11H2,1-2H3,(H,19,23). The summed E-state index contributed by atoms with van der Waals surface area (Å²) in [5.41, 5.74) is 3.78. The topological polar surface area (TPSA) is 78.6 Å². The maximum Gasteiger partial charge on any atom is 0.322 e. The number of aryl methyl sites for hydroxylation is 3. The van der Waals surface area contributed by atoms with Crippen molar-refractivity contribution in [2.24, 2.45) is 0 Å². The van der Waals surface area contributed by atoms with Gasteiger partial charge in [0, 0.05) is 13.2 Å². The molecule has 0 saturated heterocycles. The lowest BCUT2D eigenvalue weighted by atomic mass is 10.1. The molecule has 1 aliphatic carbocycles. The van der Waals surface area contributed by atoms with E-state index in [1.807, 2.05) is 17.0 Å². The summed E-state index contributed by atoms with van der Waals surface area (Å²) < 4.78 is 5.12. The Hall–Kier alpha value is -2.34. The first kappa shape index (κ1) is 16.5. The van der Waals surface area contributed by atoms with Gasteiger partial charge in [0.1, 0.15) is 11.4 Å². The van der Waals surface area contributed by atoms with Crippen molar-refractivity contribution in [2.45, 2.75) is 39.2 Å². The molecule has 1 aliphatic rings. The second-order valence-electron chi connectivity index (χ2n) is 6.15. The van der Waals surface area contributed by atoms with Crippen LogP contribution >= 0.6 is 0 Å². The molecule has 0 bridgehead atoms. The molecule has 3 rings (SSSR count). The van der Waals surface area contributed by atoms with Gasteiger partial charge in [-0.2, -0.15) is 0 Å². The number of fused-ring (bicyclic) bond motifs is 1. The fraction of sp³-hybridized carbons (Fsp3) is 0.444. The Morgan fingerprint density at radius 2 is 2.21 bits per heavy atom. The van der Waals surface area contributed by atoms with E-state index in [4.69, 9.17) is 4.52 Å². The SMILES string of the molecule is Cc1noc(C)c1NC(=O)N(CCCO)C1CCc2ccccc21. The molecule has 2 N–H and O–H groups in total. The Bertz CT molecular complexity index is 707. The molecule has 1 unspecified atom stereocenters. The second kappa shape index (κ2) is 7.05. The number of amides is 2. The van der Waals surface area contributed by atoms with E-state index in [0.29, 0.717) is 30.1 Å². The molecule has 0 spiro atoms. The summed E-state index contributed by atoms with van der Waals surface area (Å²) in [5.74, 6) is 0.592. The van der Waals surface area contributed by atoms with E-state index < -0.39 is 0 Å². The van der Waals surface area contributed by atoms with Crippen LogP contribution in [0.3, 0.4) is 0 Å². The summed E-state index contributed by atoms with van der Waals surface area (Å²) in [7, 11) is 0. The zero-order chi connectivity index (χ0) is 17.1. The quantitative estimate of drug-likeness (QED) is 0.883. The normalized spacial score (nSPS) is 16.0. The Kier molecular flexibility index (Phi) is 4.85. The summed E-state index contributed by atoms with van der Waals surface area (Å²) in [5, 5.41) is 16.0. The van der Waals surface area contributed by atoms with Crippen molar-refractivity contribution in [1.82, 2.24) is 10.1 Å². The van der Waals surface area contributed by atoms with E-state index in [2.05, 4.69) is 22.6 Å². The van der Waals surface area contributed by atoms with E-state index in [-0.39, 0.29) is 18.7 Å². The number of carbonyl (C=O) groups is 1. The largest absolute Gasteiger partial charge is 0.396 e. The second-order valence-corrected chi connectivity index (χ2v) is 6.15. The average Bonchev–Trinajstić information content (AvgIpc) is 3.14. The maximum atomic E-state index is 12.9. The van der Waals surface area contributed by atoms with Crippen molar-refractivity contribution < 1.29 is 14.4 Å². The molecular weight excluding hydrogens is 306 g/mol. The molecule has 1 heterocycles. The summed E-state index contributed by atoms with van der Waals surface area (Å²) in [4.78, 5) is 14.7. The number of nitrogens with zero attached hydrogens (tertiary/aromatic N) is 2. The van der Waals surface area contributed by atoms with Crippen LogP contribution in [0.1, 0.15) is 41.5 Å². The first-order valence-electron chi connectivity index (χ1n) is 8.31. The molecule has 2 amide bonds. The molecular formula is C18H23N3O3. The smallest absolute Gasteiger partial charge is 0.322 e. The van der Waals surface area contributed by atoms with E-state index in [1.165, 1.54) is 11.1 Å². The predicted molar refractivity (Wildman–Crippen MR) is 90.9 cm³/mol. The highest BCUT2D eigenvalue weighted by Crippen LogP contribution is 2.36. The Balaban J connectivity index is 1.83. The highest BCUT2D eigenvalue weighted by atomic mass is 16.5. The molecule has 1 aromatic heterocycles. The van der Waals surface area contributed by atoms with E-state index in [9.17, 15) is 9.90 Å². The van der Waals surface area contributed by atoms with Crippen molar-refractivity contribution in [3.8, 4) is 0 Å². The van der Waals surface area contributed by atoms with Gasteiger partial charge in [-0.25, -0.2) is 4.79 Å². The Labute approximate surface area is 141 Å². The molecule has 1 aromatic carbocycles. The summed E-state index contributed by atoms with van der Waals surface area (Å²) in [6, 6.07) is 8.10. The van der Waals surface area contributed by atoms with Gasteiger partial charge in [0.05, 0.1) is 6.04 Å². The number of anilines is 1. The summed E-state index contributed by atoms with van der Waals surface area (Å²) in [6.45, 7) is 4.14. The average molecular weight is 329 g/mol. The minimum atomic E-state index is -0.181. The minimum Gasteiger partial charge on any atom is -0.396 e. The number of urea groups is 1. The van der Waals surface area contributed by atoms with Crippen LogP contribution in [0.4, 0.5) is 10.5 Å². The number of hydrogen-bond acceptors (Lipinski definition) is 4. The van der Waals surface area contributed by atoms with Crippen LogP contribution in [0, 0.1) is 13.8 Å². The molecule has 24 heavy (non-hydrogen) atoms. The van der Waals surface area contributed by atoms with Crippen molar-refractivity contribution >= 4 is 11.7 Å². The van der Waals surface area contributed by atoms with Crippen molar-refractivity contribution in [3.63, 3.8) is 0 Å².